The molecule has 0 aromatic heterocycles. The van der Waals surface area contributed by atoms with Crippen molar-refractivity contribution in [2.75, 3.05) is 6.61 Å². The number of unbranched alkanes of at least 4 members (excludes halogenated alkanes) is 5. The average molecular weight is 303 g/mol. The standard InChI is InChI=1S/C18H25NO3/c1-2-3-4-5-6-7-12-22-15-10-8-14(9-11-15)16-13-17(20)19-18(16)21/h8-11,16H,2-7,12-13H2,1H3,(H,19,20,21)/t16-/m1/s1. The molecule has 1 fully saturated rings. The van der Waals surface area contributed by atoms with E-state index in [2.05, 4.69) is 12.2 Å². The van der Waals surface area contributed by atoms with Crippen LogP contribution in [0.5, 0.6) is 5.75 Å². The molecule has 1 heterocycles. The van der Waals surface area contributed by atoms with Crippen LogP contribution >= 0.6 is 0 Å². The Balaban J connectivity index is 1.71. The lowest BCUT2D eigenvalue weighted by atomic mass is 9.98. The molecule has 2 amide bonds. The van der Waals surface area contributed by atoms with E-state index >= 15 is 0 Å². The van der Waals surface area contributed by atoms with E-state index in [9.17, 15) is 9.59 Å². The molecule has 120 valence electrons. The second-order valence-corrected chi connectivity index (χ2v) is 5.85. The summed E-state index contributed by atoms with van der Waals surface area (Å²) in [6.45, 7) is 2.95. The second-order valence-electron chi connectivity index (χ2n) is 5.85. The van der Waals surface area contributed by atoms with Crippen molar-refractivity contribution in [3.8, 4) is 5.75 Å². The maximum atomic E-state index is 11.6. The fourth-order valence-corrected chi connectivity index (χ4v) is 2.69. The number of rotatable bonds is 9. The molecule has 0 spiro atoms. The van der Waals surface area contributed by atoms with Crippen LogP contribution in [0.3, 0.4) is 0 Å². The van der Waals surface area contributed by atoms with Gasteiger partial charge in [-0.2, -0.15) is 0 Å². The van der Waals surface area contributed by atoms with E-state index in [0.29, 0.717) is 0 Å². The van der Waals surface area contributed by atoms with Gasteiger partial charge in [0.15, 0.2) is 0 Å². The normalized spacial score (nSPS) is 17.6. The van der Waals surface area contributed by atoms with Crippen LogP contribution in [0.25, 0.3) is 0 Å². The van der Waals surface area contributed by atoms with E-state index in [1.807, 2.05) is 24.3 Å². The lowest BCUT2D eigenvalue weighted by Gasteiger charge is -2.09. The molecule has 22 heavy (non-hydrogen) atoms. The predicted octanol–water partition coefficient (Wildman–Crippen LogP) is 3.56. The van der Waals surface area contributed by atoms with Crippen molar-refractivity contribution in [2.45, 2.75) is 57.8 Å². The van der Waals surface area contributed by atoms with Gasteiger partial charge < -0.3 is 4.74 Å². The van der Waals surface area contributed by atoms with E-state index in [-0.39, 0.29) is 24.2 Å². The maximum Gasteiger partial charge on any atom is 0.234 e. The highest BCUT2D eigenvalue weighted by Gasteiger charge is 2.31. The van der Waals surface area contributed by atoms with Crippen LogP contribution in [-0.4, -0.2) is 18.4 Å². The van der Waals surface area contributed by atoms with Crippen LogP contribution in [0.15, 0.2) is 24.3 Å². The van der Waals surface area contributed by atoms with Gasteiger partial charge in [-0.05, 0) is 24.1 Å². The molecular weight excluding hydrogens is 278 g/mol. The predicted molar refractivity (Wildman–Crippen MR) is 85.8 cm³/mol. The van der Waals surface area contributed by atoms with Crippen LogP contribution in [0.4, 0.5) is 0 Å². The van der Waals surface area contributed by atoms with E-state index < -0.39 is 0 Å². The van der Waals surface area contributed by atoms with Gasteiger partial charge in [-0.1, -0.05) is 51.2 Å². The largest absolute Gasteiger partial charge is 0.494 e. The van der Waals surface area contributed by atoms with Crippen molar-refractivity contribution in [1.82, 2.24) is 5.32 Å². The summed E-state index contributed by atoms with van der Waals surface area (Å²) in [7, 11) is 0. The van der Waals surface area contributed by atoms with Gasteiger partial charge in [0, 0.05) is 6.42 Å². The van der Waals surface area contributed by atoms with Crippen LogP contribution in [0.1, 0.15) is 63.4 Å². The van der Waals surface area contributed by atoms with Gasteiger partial charge in [-0.25, -0.2) is 0 Å². The third kappa shape index (κ3) is 4.86. The van der Waals surface area contributed by atoms with Gasteiger partial charge in [-0.3, -0.25) is 14.9 Å². The van der Waals surface area contributed by atoms with Crippen LogP contribution in [-0.2, 0) is 9.59 Å². The van der Waals surface area contributed by atoms with Crippen molar-refractivity contribution in [1.29, 1.82) is 0 Å². The fraction of sp³-hybridized carbons (Fsp3) is 0.556. The number of nitrogens with one attached hydrogen (secondary N) is 1. The first-order valence-electron chi connectivity index (χ1n) is 8.27. The molecule has 0 unspecified atom stereocenters. The number of hydrogen-bond donors (Lipinski definition) is 1. The molecule has 0 aliphatic carbocycles. The van der Waals surface area contributed by atoms with Crippen molar-refractivity contribution in [3.63, 3.8) is 0 Å². The van der Waals surface area contributed by atoms with Gasteiger partial charge in [0.1, 0.15) is 5.75 Å². The summed E-state index contributed by atoms with van der Waals surface area (Å²) in [6, 6.07) is 7.50. The van der Waals surface area contributed by atoms with Gasteiger partial charge in [-0.15, -0.1) is 0 Å². The summed E-state index contributed by atoms with van der Waals surface area (Å²) >= 11 is 0. The summed E-state index contributed by atoms with van der Waals surface area (Å²) in [4.78, 5) is 22.8. The van der Waals surface area contributed by atoms with Crippen molar-refractivity contribution in [2.24, 2.45) is 0 Å². The molecular formula is C18H25NO3. The molecule has 2 rings (SSSR count). The molecule has 1 aromatic rings. The zero-order valence-electron chi connectivity index (χ0n) is 13.3. The number of ether oxygens (including phenoxy) is 1. The number of hydrogen-bond acceptors (Lipinski definition) is 3. The molecule has 1 aliphatic heterocycles. The Bertz CT molecular complexity index is 496. The third-order valence-corrected chi connectivity index (χ3v) is 4.02. The van der Waals surface area contributed by atoms with Gasteiger partial charge in [0.2, 0.25) is 11.8 Å². The highest BCUT2D eigenvalue weighted by molar-refractivity contribution is 6.06. The minimum atomic E-state index is -0.347. The Labute approximate surface area is 132 Å². The highest BCUT2D eigenvalue weighted by atomic mass is 16.5. The zero-order chi connectivity index (χ0) is 15.8. The molecule has 4 nitrogen and oxygen atoms in total. The number of carbonyl (C=O) groups excluding carboxylic acids is 2. The number of imide groups is 1. The SMILES string of the molecule is CCCCCCCCOc1ccc([C@H]2CC(=O)NC2=O)cc1. The van der Waals surface area contributed by atoms with Crippen molar-refractivity contribution < 1.29 is 14.3 Å². The minimum absolute atomic E-state index is 0.196. The quantitative estimate of drug-likeness (QED) is 0.560. The Hall–Kier alpha value is -1.84. The fourth-order valence-electron chi connectivity index (χ4n) is 2.69. The highest BCUT2D eigenvalue weighted by Crippen LogP contribution is 2.26. The van der Waals surface area contributed by atoms with Crippen molar-refractivity contribution >= 4 is 11.8 Å². The molecule has 1 N–H and O–H groups in total. The first-order chi connectivity index (χ1) is 10.7. The van der Waals surface area contributed by atoms with Gasteiger partial charge in [0.25, 0.3) is 0 Å². The van der Waals surface area contributed by atoms with E-state index in [1.54, 1.807) is 0 Å². The number of amides is 2. The average Bonchev–Trinajstić information content (AvgIpc) is 2.86. The van der Waals surface area contributed by atoms with Crippen LogP contribution in [0.2, 0.25) is 0 Å². The molecule has 0 radical (unpaired) electrons. The Kier molecular flexibility index (Phi) is 6.44. The van der Waals surface area contributed by atoms with Gasteiger partial charge >= 0.3 is 0 Å². The lowest BCUT2D eigenvalue weighted by Crippen LogP contribution is -2.21. The molecule has 4 heteroatoms. The number of benzene rings is 1. The van der Waals surface area contributed by atoms with Gasteiger partial charge in [0.05, 0.1) is 12.5 Å². The topological polar surface area (TPSA) is 55.4 Å². The third-order valence-electron chi connectivity index (χ3n) is 4.02. The Morgan fingerprint density at radius 1 is 1.05 bits per heavy atom. The Morgan fingerprint density at radius 3 is 2.36 bits per heavy atom. The lowest BCUT2D eigenvalue weighted by molar-refractivity contribution is -0.125. The van der Waals surface area contributed by atoms with E-state index in [0.717, 1.165) is 24.3 Å². The monoisotopic (exact) mass is 303 g/mol. The summed E-state index contributed by atoms with van der Waals surface area (Å²) in [5.41, 5.74) is 0.871. The first kappa shape index (κ1) is 16.5. The molecule has 1 aromatic carbocycles. The summed E-state index contributed by atoms with van der Waals surface area (Å²) in [6.07, 6.45) is 7.71. The van der Waals surface area contributed by atoms with Crippen LogP contribution in [0, 0.1) is 0 Å². The molecule has 0 saturated carbocycles. The molecule has 0 bridgehead atoms. The van der Waals surface area contributed by atoms with E-state index in [4.69, 9.17) is 4.74 Å². The van der Waals surface area contributed by atoms with E-state index in [1.165, 1.54) is 32.1 Å². The zero-order valence-corrected chi connectivity index (χ0v) is 13.3. The minimum Gasteiger partial charge on any atom is -0.494 e. The molecule has 1 saturated heterocycles. The first-order valence-corrected chi connectivity index (χ1v) is 8.27. The second kappa shape index (κ2) is 8.57. The Morgan fingerprint density at radius 2 is 1.73 bits per heavy atom. The molecule has 1 aliphatic rings. The smallest absolute Gasteiger partial charge is 0.234 e. The summed E-state index contributed by atoms with van der Waals surface area (Å²) < 4.78 is 5.71. The summed E-state index contributed by atoms with van der Waals surface area (Å²) in [5.74, 6) is 0.0753. The van der Waals surface area contributed by atoms with Crippen molar-refractivity contribution in [3.05, 3.63) is 29.8 Å². The summed E-state index contributed by atoms with van der Waals surface area (Å²) in [5, 5.41) is 2.33. The number of carbonyl (C=O) groups is 2. The maximum absolute atomic E-state index is 11.6. The van der Waals surface area contributed by atoms with Crippen LogP contribution < -0.4 is 10.1 Å². The molecule has 1 atom stereocenters.